The molecule has 1 aromatic carbocycles. The fourth-order valence-corrected chi connectivity index (χ4v) is 1.48. The number of hydrogen-bond donors (Lipinski definition) is 0. The van der Waals surface area contributed by atoms with Crippen LogP contribution in [0.3, 0.4) is 0 Å². The number of Topliss-reactive ketones (excluding diaryl/α,β-unsaturated/α-hetero) is 1. The van der Waals surface area contributed by atoms with Gasteiger partial charge in [0.1, 0.15) is 0 Å². The molecule has 0 bridgehead atoms. The van der Waals surface area contributed by atoms with E-state index in [1.165, 1.54) is 26.0 Å². The number of carbonyl (C=O) groups excluding carboxylic acids is 2. The molecule has 0 amide bonds. The summed E-state index contributed by atoms with van der Waals surface area (Å²) in [5.41, 5.74) is -0.210. The van der Waals surface area contributed by atoms with Gasteiger partial charge in [-0.05, 0) is 41.9 Å². The summed E-state index contributed by atoms with van der Waals surface area (Å²) in [6.45, 7) is 2.73. The van der Waals surface area contributed by atoms with Crippen LogP contribution in [0, 0.1) is 10.1 Å². The third kappa shape index (κ3) is 3.36. The Bertz CT molecular complexity index is 514. The van der Waals surface area contributed by atoms with E-state index in [2.05, 4.69) is 15.9 Å². The van der Waals surface area contributed by atoms with Gasteiger partial charge >= 0.3 is 5.97 Å². The number of esters is 1. The van der Waals surface area contributed by atoms with Gasteiger partial charge in [0.15, 0.2) is 11.9 Å². The van der Waals surface area contributed by atoms with Crippen LogP contribution in [-0.2, 0) is 9.53 Å². The van der Waals surface area contributed by atoms with Crippen molar-refractivity contribution < 1.29 is 19.2 Å². The molecule has 1 atom stereocenters. The van der Waals surface area contributed by atoms with Gasteiger partial charge in [0, 0.05) is 6.07 Å². The first-order valence-corrected chi connectivity index (χ1v) is 5.77. The van der Waals surface area contributed by atoms with Crippen molar-refractivity contribution in [3.05, 3.63) is 38.3 Å². The van der Waals surface area contributed by atoms with Gasteiger partial charge in [-0.25, -0.2) is 4.79 Å². The van der Waals surface area contributed by atoms with Crippen LogP contribution in [0.5, 0.6) is 0 Å². The lowest BCUT2D eigenvalue weighted by Crippen LogP contribution is -2.21. The van der Waals surface area contributed by atoms with Gasteiger partial charge in [-0.3, -0.25) is 14.9 Å². The molecular formula is C11H10BrNO5. The molecular weight excluding hydrogens is 306 g/mol. The van der Waals surface area contributed by atoms with Crippen molar-refractivity contribution >= 4 is 33.4 Å². The predicted octanol–water partition coefficient (Wildman–Crippen LogP) is 2.49. The highest BCUT2D eigenvalue weighted by atomic mass is 79.9. The Balaban J connectivity index is 2.97. The Morgan fingerprint density at radius 1 is 1.44 bits per heavy atom. The Morgan fingerprint density at radius 2 is 2.06 bits per heavy atom. The summed E-state index contributed by atoms with van der Waals surface area (Å²) in [5.74, 6) is -1.07. The van der Waals surface area contributed by atoms with Gasteiger partial charge in [-0.15, -0.1) is 0 Å². The van der Waals surface area contributed by atoms with Gasteiger partial charge in [0.05, 0.1) is 15.0 Å². The molecule has 0 fully saturated rings. The molecule has 0 N–H and O–H groups in total. The van der Waals surface area contributed by atoms with Crippen LogP contribution in [-0.4, -0.2) is 22.8 Å². The summed E-state index contributed by atoms with van der Waals surface area (Å²) in [4.78, 5) is 32.7. The zero-order valence-electron chi connectivity index (χ0n) is 9.68. The van der Waals surface area contributed by atoms with E-state index >= 15 is 0 Å². The minimum absolute atomic E-state index is 0.0259. The number of rotatable bonds is 4. The number of nitrogens with zero attached hydrogens (tertiary/aromatic N) is 1. The largest absolute Gasteiger partial charge is 0.451 e. The molecule has 18 heavy (non-hydrogen) atoms. The van der Waals surface area contributed by atoms with E-state index in [4.69, 9.17) is 4.74 Å². The van der Waals surface area contributed by atoms with Crippen LogP contribution in [0.4, 0.5) is 5.69 Å². The molecule has 0 aliphatic heterocycles. The second-order valence-corrected chi connectivity index (χ2v) is 4.44. The summed E-state index contributed by atoms with van der Waals surface area (Å²) in [6, 6.07) is 3.86. The van der Waals surface area contributed by atoms with Gasteiger partial charge in [0.25, 0.3) is 5.69 Å². The standard InChI is InChI=1S/C11H10BrNO5/c1-6(14)7(2)18-11(15)8-3-4-9(12)10(5-8)13(16)17/h3-5,7H,1-2H3. The summed E-state index contributed by atoms with van der Waals surface area (Å²) < 4.78 is 5.11. The highest BCUT2D eigenvalue weighted by Crippen LogP contribution is 2.26. The first-order valence-electron chi connectivity index (χ1n) is 4.98. The average Bonchev–Trinajstić information content (AvgIpc) is 2.28. The lowest BCUT2D eigenvalue weighted by Gasteiger charge is -2.09. The van der Waals surface area contributed by atoms with E-state index in [1.807, 2.05) is 0 Å². The summed E-state index contributed by atoms with van der Waals surface area (Å²) in [6.07, 6.45) is -0.875. The van der Waals surface area contributed by atoms with Gasteiger partial charge in [-0.2, -0.15) is 0 Å². The molecule has 0 aliphatic carbocycles. The van der Waals surface area contributed by atoms with Crippen molar-refractivity contribution in [2.24, 2.45) is 0 Å². The predicted molar refractivity (Wildman–Crippen MR) is 66.4 cm³/mol. The SMILES string of the molecule is CC(=O)C(C)OC(=O)c1ccc(Br)c([N+](=O)[O-])c1. The molecule has 0 aromatic heterocycles. The van der Waals surface area contributed by atoms with Crippen molar-refractivity contribution in [1.82, 2.24) is 0 Å². The van der Waals surface area contributed by atoms with Crippen LogP contribution in [0.2, 0.25) is 0 Å². The fourth-order valence-electron chi connectivity index (χ4n) is 1.09. The third-order valence-corrected chi connectivity index (χ3v) is 2.91. The first kappa shape index (κ1) is 14.3. The molecule has 6 nitrogen and oxygen atoms in total. The molecule has 1 unspecified atom stereocenters. The second kappa shape index (κ2) is 5.72. The van der Waals surface area contributed by atoms with E-state index in [0.717, 1.165) is 6.07 Å². The van der Waals surface area contributed by atoms with Gasteiger partial charge in [-0.1, -0.05) is 0 Å². The molecule has 0 heterocycles. The lowest BCUT2D eigenvalue weighted by molar-refractivity contribution is -0.385. The smallest absolute Gasteiger partial charge is 0.339 e. The zero-order valence-corrected chi connectivity index (χ0v) is 11.3. The van der Waals surface area contributed by atoms with Gasteiger partial charge in [0.2, 0.25) is 0 Å². The Morgan fingerprint density at radius 3 is 2.56 bits per heavy atom. The number of hydrogen-bond acceptors (Lipinski definition) is 5. The van der Waals surface area contributed by atoms with Crippen LogP contribution in [0.15, 0.2) is 22.7 Å². The van der Waals surface area contributed by atoms with Crippen LogP contribution < -0.4 is 0 Å². The second-order valence-electron chi connectivity index (χ2n) is 3.58. The van der Waals surface area contributed by atoms with Crippen molar-refractivity contribution in [2.75, 3.05) is 0 Å². The number of halogens is 1. The highest BCUT2D eigenvalue weighted by molar-refractivity contribution is 9.10. The first-order chi connectivity index (χ1) is 8.32. The Kier molecular flexibility index (Phi) is 4.55. The maximum absolute atomic E-state index is 11.6. The zero-order chi connectivity index (χ0) is 13.9. The third-order valence-electron chi connectivity index (χ3n) is 2.23. The van der Waals surface area contributed by atoms with Crippen LogP contribution in [0.1, 0.15) is 24.2 Å². The lowest BCUT2D eigenvalue weighted by atomic mass is 10.2. The summed E-state index contributed by atoms with van der Waals surface area (Å²) in [7, 11) is 0. The quantitative estimate of drug-likeness (QED) is 0.484. The number of carbonyl (C=O) groups is 2. The fraction of sp³-hybridized carbons (Fsp3) is 0.273. The average molecular weight is 316 g/mol. The molecule has 0 aliphatic rings. The van der Waals surface area contributed by atoms with E-state index in [1.54, 1.807) is 0 Å². The monoisotopic (exact) mass is 315 g/mol. The Hall–Kier alpha value is -1.76. The number of nitro groups is 1. The Labute approximate surface area is 111 Å². The van der Waals surface area contributed by atoms with Crippen LogP contribution in [0.25, 0.3) is 0 Å². The van der Waals surface area contributed by atoms with Crippen molar-refractivity contribution in [2.45, 2.75) is 20.0 Å². The summed E-state index contributed by atoms with van der Waals surface area (Å²) >= 11 is 3.01. The number of ketones is 1. The maximum Gasteiger partial charge on any atom is 0.339 e. The number of nitro benzene ring substituents is 1. The van der Waals surface area contributed by atoms with Crippen molar-refractivity contribution in [3.8, 4) is 0 Å². The minimum Gasteiger partial charge on any atom is -0.451 e. The van der Waals surface area contributed by atoms with Gasteiger partial charge < -0.3 is 4.74 Å². The molecule has 1 aromatic rings. The topological polar surface area (TPSA) is 86.5 Å². The summed E-state index contributed by atoms with van der Waals surface area (Å²) in [5, 5.41) is 10.7. The molecule has 96 valence electrons. The molecule has 0 saturated heterocycles. The number of ether oxygens (including phenoxy) is 1. The van der Waals surface area contributed by atoms with E-state index in [-0.39, 0.29) is 21.5 Å². The van der Waals surface area contributed by atoms with E-state index in [0.29, 0.717) is 0 Å². The molecule has 7 heteroatoms. The highest BCUT2D eigenvalue weighted by Gasteiger charge is 2.19. The van der Waals surface area contributed by atoms with Crippen LogP contribution >= 0.6 is 15.9 Å². The maximum atomic E-state index is 11.6. The molecule has 0 radical (unpaired) electrons. The number of benzene rings is 1. The molecule has 1 rings (SSSR count). The minimum atomic E-state index is -0.875. The van der Waals surface area contributed by atoms with Crippen molar-refractivity contribution in [1.29, 1.82) is 0 Å². The molecule has 0 spiro atoms. The van der Waals surface area contributed by atoms with E-state index < -0.39 is 17.0 Å². The van der Waals surface area contributed by atoms with E-state index in [9.17, 15) is 19.7 Å². The molecule has 0 saturated carbocycles. The normalized spacial score (nSPS) is 11.7. The van der Waals surface area contributed by atoms with Crippen molar-refractivity contribution in [3.63, 3.8) is 0 Å².